The topological polar surface area (TPSA) is 68.2 Å². The highest BCUT2D eigenvalue weighted by atomic mass is 19.4. The first kappa shape index (κ1) is 20.2. The molecule has 28 heavy (non-hydrogen) atoms. The Morgan fingerprint density at radius 2 is 2.07 bits per heavy atom. The van der Waals surface area contributed by atoms with Gasteiger partial charge in [-0.05, 0) is 30.2 Å². The van der Waals surface area contributed by atoms with Gasteiger partial charge in [0.25, 0.3) is 0 Å². The predicted octanol–water partition coefficient (Wildman–Crippen LogP) is 2.54. The smallest absolute Gasteiger partial charge is 0.422 e. The molecule has 2 heterocycles. The number of aryl methyl sites for hydroxylation is 1. The van der Waals surface area contributed by atoms with Crippen molar-refractivity contribution in [2.24, 2.45) is 13.0 Å². The molecule has 0 bridgehead atoms. The van der Waals surface area contributed by atoms with E-state index in [-0.39, 0.29) is 29.5 Å². The van der Waals surface area contributed by atoms with Gasteiger partial charge in [-0.15, -0.1) is 0 Å². The van der Waals surface area contributed by atoms with Crippen molar-refractivity contribution in [2.75, 3.05) is 19.7 Å². The Kier molecular flexibility index (Phi) is 5.93. The van der Waals surface area contributed by atoms with Gasteiger partial charge in [0, 0.05) is 32.3 Å². The quantitative estimate of drug-likeness (QED) is 0.788. The van der Waals surface area contributed by atoms with Crippen molar-refractivity contribution in [3.05, 3.63) is 47.8 Å². The first-order valence-electron chi connectivity index (χ1n) is 9.02. The molecule has 1 aromatic carbocycles. The summed E-state index contributed by atoms with van der Waals surface area (Å²) < 4.78 is 43.1. The standard InChI is InChI=1S/C19H23F3N4O2/c1-12(13-3-5-15(6-4-13)28-11-19(20,21)22)25-18(27)17-9-23-8-16(17)14-7-24-26(2)10-14/h3-7,10,12,16-17,23H,8-9,11H2,1-2H3,(H,25,27)/t12?,16-,17+/m1/s1. The Morgan fingerprint density at radius 1 is 1.36 bits per heavy atom. The largest absolute Gasteiger partial charge is 0.484 e. The molecule has 0 radical (unpaired) electrons. The molecule has 0 aliphatic carbocycles. The van der Waals surface area contributed by atoms with Crippen LogP contribution in [-0.4, -0.2) is 41.6 Å². The van der Waals surface area contributed by atoms with Crippen molar-refractivity contribution in [3.63, 3.8) is 0 Å². The van der Waals surface area contributed by atoms with E-state index in [0.717, 1.165) is 11.1 Å². The van der Waals surface area contributed by atoms with Crippen molar-refractivity contribution >= 4 is 5.91 Å². The maximum atomic E-state index is 12.8. The van der Waals surface area contributed by atoms with Crippen LogP contribution in [0.4, 0.5) is 13.2 Å². The van der Waals surface area contributed by atoms with Gasteiger partial charge < -0.3 is 15.4 Å². The summed E-state index contributed by atoms with van der Waals surface area (Å²) in [5.41, 5.74) is 1.81. The molecule has 2 aromatic rings. The molecule has 3 rings (SSSR count). The molecule has 1 amide bonds. The van der Waals surface area contributed by atoms with E-state index in [1.54, 1.807) is 23.0 Å². The van der Waals surface area contributed by atoms with Crippen molar-refractivity contribution in [1.29, 1.82) is 0 Å². The fourth-order valence-corrected chi connectivity index (χ4v) is 3.36. The van der Waals surface area contributed by atoms with Crippen LogP contribution in [0.25, 0.3) is 0 Å². The lowest BCUT2D eigenvalue weighted by molar-refractivity contribution is -0.153. The lowest BCUT2D eigenvalue weighted by atomic mass is 9.90. The molecule has 1 aliphatic heterocycles. The van der Waals surface area contributed by atoms with Crippen LogP contribution in [0.15, 0.2) is 36.7 Å². The molecule has 1 saturated heterocycles. The number of nitrogens with zero attached hydrogens (tertiary/aromatic N) is 2. The number of halogens is 3. The van der Waals surface area contributed by atoms with E-state index in [0.29, 0.717) is 13.1 Å². The van der Waals surface area contributed by atoms with Gasteiger partial charge in [-0.25, -0.2) is 0 Å². The van der Waals surface area contributed by atoms with Crippen LogP contribution in [0.1, 0.15) is 30.0 Å². The summed E-state index contributed by atoms with van der Waals surface area (Å²) in [4.78, 5) is 12.8. The molecule has 152 valence electrons. The van der Waals surface area contributed by atoms with Gasteiger partial charge in [0.2, 0.25) is 5.91 Å². The first-order valence-corrected chi connectivity index (χ1v) is 9.02. The summed E-state index contributed by atoms with van der Waals surface area (Å²) in [6, 6.07) is 5.97. The summed E-state index contributed by atoms with van der Waals surface area (Å²) >= 11 is 0. The van der Waals surface area contributed by atoms with Crippen LogP contribution < -0.4 is 15.4 Å². The molecule has 1 fully saturated rings. The van der Waals surface area contributed by atoms with E-state index in [2.05, 4.69) is 15.7 Å². The van der Waals surface area contributed by atoms with Crippen LogP contribution in [0, 0.1) is 5.92 Å². The summed E-state index contributed by atoms with van der Waals surface area (Å²) in [5, 5.41) is 10.4. The number of nitrogens with one attached hydrogen (secondary N) is 2. The number of rotatable bonds is 6. The number of hydrogen-bond acceptors (Lipinski definition) is 4. The third-order valence-electron chi connectivity index (χ3n) is 4.85. The molecule has 1 aromatic heterocycles. The molecule has 9 heteroatoms. The average Bonchev–Trinajstić information content (AvgIpc) is 3.28. The van der Waals surface area contributed by atoms with Gasteiger partial charge in [-0.3, -0.25) is 9.48 Å². The minimum Gasteiger partial charge on any atom is -0.484 e. The number of amides is 1. The Labute approximate surface area is 161 Å². The second-order valence-electron chi connectivity index (χ2n) is 7.02. The number of alkyl halides is 3. The van der Waals surface area contributed by atoms with Crippen molar-refractivity contribution in [1.82, 2.24) is 20.4 Å². The maximum absolute atomic E-state index is 12.8. The molecule has 0 spiro atoms. The van der Waals surface area contributed by atoms with Gasteiger partial charge in [0.15, 0.2) is 6.61 Å². The average molecular weight is 396 g/mol. The highest BCUT2D eigenvalue weighted by Gasteiger charge is 2.35. The second-order valence-corrected chi connectivity index (χ2v) is 7.02. The minimum absolute atomic E-state index is 0.0547. The van der Waals surface area contributed by atoms with Gasteiger partial charge in [-0.1, -0.05) is 12.1 Å². The third-order valence-corrected chi connectivity index (χ3v) is 4.85. The molecule has 2 N–H and O–H groups in total. The SMILES string of the molecule is CC(NC(=O)[C@H]1CNC[C@@H]1c1cnn(C)c1)c1ccc(OCC(F)(F)F)cc1. The van der Waals surface area contributed by atoms with Gasteiger partial charge in [-0.2, -0.15) is 18.3 Å². The van der Waals surface area contributed by atoms with E-state index in [9.17, 15) is 18.0 Å². The third kappa shape index (κ3) is 5.03. The van der Waals surface area contributed by atoms with Crippen LogP contribution in [-0.2, 0) is 11.8 Å². The van der Waals surface area contributed by atoms with Crippen molar-refractivity contribution < 1.29 is 22.7 Å². The number of aromatic nitrogens is 2. The van der Waals surface area contributed by atoms with Gasteiger partial charge >= 0.3 is 6.18 Å². The maximum Gasteiger partial charge on any atom is 0.422 e. The lowest BCUT2D eigenvalue weighted by Gasteiger charge is -2.21. The first-order chi connectivity index (χ1) is 13.2. The van der Waals surface area contributed by atoms with Gasteiger partial charge in [0.05, 0.1) is 18.2 Å². The van der Waals surface area contributed by atoms with Crippen LogP contribution in [0.3, 0.4) is 0 Å². The normalized spacial score (nSPS) is 20.8. The minimum atomic E-state index is -4.37. The lowest BCUT2D eigenvalue weighted by Crippen LogP contribution is -2.35. The monoisotopic (exact) mass is 396 g/mol. The number of hydrogen-bond donors (Lipinski definition) is 2. The Bertz CT molecular complexity index is 804. The number of carbonyl (C=O) groups is 1. The number of benzene rings is 1. The molecule has 1 unspecified atom stereocenters. The Morgan fingerprint density at radius 3 is 2.68 bits per heavy atom. The van der Waals surface area contributed by atoms with E-state index >= 15 is 0 Å². The summed E-state index contributed by atoms with van der Waals surface area (Å²) in [6.45, 7) is 1.81. The fourth-order valence-electron chi connectivity index (χ4n) is 3.36. The zero-order valence-electron chi connectivity index (χ0n) is 15.7. The fraction of sp³-hybridized carbons (Fsp3) is 0.474. The molecular weight excluding hydrogens is 373 g/mol. The molecular formula is C19H23F3N4O2. The van der Waals surface area contributed by atoms with Crippen molar-refractivity contribution in [2.45, 2.75) is 25.1 Å². The zero-order chi connectivity index (χ0) is 20.3. The molecule has 3 atom stereocenters. The molecule has 0 saturated carbocycles. The van der Waals surface area contributed by atoms with Gasteiger partial charge in [0.1, 0.15) is 5.75 Å². The Hall–Kier alpha value is -2.55. The van der Waals surface area contributed by atoms with E-state index < -0.39 is 12.8 Å². The highest BCUT2D eigenvalue weighted by Crippen LogP contribution is 2.29. The summed E-state index contributed by atoms with van der Waals surface area (Å²) in [6.07, 6.45) is -0.678. The second kappa shape index (κ2) is 8.22. The van der Waals surface area contributed by atoms with Crippen LogP contribution in [0.5, 0.6) is 5.75 Å². The van der Waals surface area contributed by atoms with Crippen molar-refractivity contribution in [3.8, 4) is 5.75 Å². The van der Waals surface area contributed by atoms with Crippen LogP contribution in [0.2, 0.25) is 0 Å². The Balaban J connectivity index is 1.59. The number of ether oxygens (including phenoxy) is 1. The molecule has 1 aliphatic rings. The number of carbonyl (C=O) groups excluding carboxylic acids is 1. The summed E-state index contributed by atoms with van der Waals surface area (Å²) in [5.74, 6) is -0.0833. The summed E-state index contributed by atoms with van der Waals surface area (Å²) in [7, 11) is 1.84. The highest BCUT2D eigenvalue weighted by molar-refractivity contribution is 5.81. The van der Waals surface area contributed by atoms with Crippen LogP contribution >= 0.6 is 0 Å². The predicted molar refractivity (Wildman–Crippen MR) is 96.9 cm³/mol. The van der Waals surface area contributed by atoms with E-state index in [1.165, 1.54) is 12.1 Å². The zero-order valence-corrected chi connectivity index (χ0v) is 15.7. The van der Waals surface area contributed by atoms with E-state index in [1.807, 2.05) is 20.2 Å². The van der Waals surface area contributed by atoms with E-state index in [4.69, 9.17) is 4.74 Å². The molecule has 6 nitrogen and oxygen atoms in total.